The maximum Gasteiger partial charge on any atom is 0.165 e. The highest BCUT2D eigenvalue weighted by Gasteiger charge is 2.05. The first-order chi connectivity index (χ1) is 7.79. The van der Waals surface area contributed by atoms with E-state index in [1.54, 1.807) is 23.5 Å². The molecule has 0 fully saturated rings. The van der Waals surface area contributed by atoms with E-state index in [0.29, 0.717) is 12.5 Å². The molecule has 0 atom stereocenters. The molecule has 0 aliphatic carbocycles. The quantitative estimate of drug-likeness (QED) is 0.745. The van der Waals surface area contributed by atoms with E-state index in [9.17, 15) is 4.39 Å². The van der Waals surface area contributed by atoms with Crippen molar-refractivity contribution >= 4 is 22.9 Å². The zero-order valence-corrected chi connectivity index (χ0v) is 10.0. The standard InChI is InChI=1S/C12H10ClFOS/c13-7-9-3-4-12(11(14)6-9)15-8-10-2-1-5-16-10/h1-6H,7-8H2. The Balaban J connectivity index is 2.04. The molecular weight excluding hydrogens is 247 g/mol. The molecule has 16 heavy (non-hydrogen) atoms. The van der Waals surface area contributed by atoms with Crippen molar-refractivity contribution in [1.29, 1.82) is 0 Å². The van der Waals surface area contributed by atoms with Gasteiger partial charge in [-0.3, -0.25) is 0 Å². The Bertz CT molecular complexity index is 456. The second kappa shape index (κ2) is 5.32. The van der Waals surface area contributed by atoms with Crippen LogP contribution in [0.4, 0.5) is 4.39 Å². The van der Waals surface area contributed by atoms with Crippen molar-refractivity contribution in [3.05, 3.63) is 52.0 Å². The maximum atomic E-state index is 13.5. The summed E-state index contributed by atoms with van der Waals surface area (Å²) in [5.41, 5.74) is 0.752. The predicted molar refractivity (Wildman–Crippen MR) is 64.6 cm³/mol. The van der Waals surface area contributed by atoms with E-state index in [0.717, 1.165) is 10.4 Å². The molecule has 0 saturated carbocycles. The van der Waals surface area contributed by atoms with Gasteiger partial charge in [0.15, 0.2) is 11.6 Å². The van der Waals surface area contributed by atoms with Gasteiger partial charge in [0.05, 0.1) is 0 Å². The number of thiophene rings is 1. The molecule has 0 bridgehead atoms. The Morgan fingerprint density at radius 1 is 1.31 bits per heavy atom. The molecule has 0 aliphatic rings. The van der Waals surface area contributed by atoms with Gasteiger partial charge in [-0.25, -0.2) is 4.39 Å². The lowest BCUT2D eigenvalue weighted by atomic mass is 10.2. The van der Waals surface area contributed by atoms with Crippen LogP contribution >= 0.6 is 22.9 Å². The van der Waals surface area contributed by atoms with Gasteiger partial charge in [-0.15, -0.1) is 22.9 Å². The van der Waals surface area contributed by atoms with Crippen LogP contribution in [0.5, 0.6) is 5.75 Å². The smallest absolute Gasteiger partial charge is 0.165 e. The van der Waals surface area contributed by atoms with E-state index < -0.39 is 0 Å². The van der Waals surface area contributed by atoms with Crippen LogP contribution in [0.2, 0.25) is 0 Å². The average Bonchev–Trinajstić information content (AvgIpc) is 2.80. The van der Waals surface area contributed by atoms with Crippen molar-refractivity contribution in [2.75, 3.05) is 0 Å². The molecule has 1 aromatic heterocycles. The van der Waals surface area contributed by atoms with Crippen LogP contribution < -0.4 is 4.74 Å². The third-order valence-corrected chi connectivity index (χ3v) is 3.26. The Morgan fingerprint density at radius 3 is 2.81 bits per heavy atom. The second-order valence-electron chi connectivity index (χ2n) is 3.27. The zero-order chi connectivity index (χ0) is 11.4. The molecule has 2 rings (SSSR count). The maximum absolute atomic E-state index is 13.5. The first kappa shape index (κ1) is 11.4. The summed E-state index contributed by atoms with van der Waals surface area (Å²) in [6, 6.07) is 8.67. The summed E-state index contributed by atoms with van der Waals surface area (Å²) < 4.78 is 18.9. The normalized spacial score (nSPS) is 10.4. The number of halogens is 2. The first-order valence-corrected chi connectivity index (χ1v) is 6.20. The largest absolute Gasteiger partial charge is 0.485 e. The molecule has 1 aromatic carbocycles. The van der Waals surface area contributed by atoms with E-state index in [1.807, 2.05) is 17.5 Å². The van der Waals surface area contributed by atoms with Crippen LogP contribution in [-0.4, -0.2) is 0 Å². The van der Waals surface area contributed by atoms with Gasteiger partial charge in [0, 0.05) is 10.8 Å². The van der Waals surface area contributed by atoms with Gasteiger partial charge in [0.2, 0.25) is 0 Å². The highest BCUT2D eigenvalue weighted by atomic mass is 35.5. The minimum atomic E-state index is -0.366. The molecule has 84 valence electrons. The predicted octanol–water partition coefficient (Wildman–Crippen LogP) is 4.21. The number of hydrogen-bond acceptors (Lipinski definition) is 2. The fraction of sp³-hybridized carbons (Fsp3) is 0.167. The van der Waals surface area contributed by atoms with Crippen LogP contribution in [-0.2, 0) is 12.5 Å². The lowest BCUT2D eigenvalue weighted by Gasteiger charge is -2.06. The molecule has 0 spiro atoms. The number of ether oxygens (including phenoxy) is 1. The summed E-state index contributed by atoms with van der Waals surface area (Å²) >= 11 is 7.19. The third kappa shape index (κ3) is 2.74. The van der Waals surface area contributed by atoms with Gasteiger partial charge < -0.3 is 4.74 Å². The summed E-state index contributed by atoms with van der Waals surface area (Å²) in [4.78, 5) is 1.07. The lowest BCUT2D eigenvalue weighted by Crippen LogP contribution is -1.96. The van der Waals surface area contributed by atoms with Gasteiger partial charge >= 0.3 is 0 Å². The summed E-state index contributed by atoms with van der Waals surface area (Å²) in [7, 11) is 0. The van der Waals surface area contributed by atoms with Crippen LogP contribution in [0.3, 0.4) is 0 Å². The summed E-state index contributed by atoms with van der Waals surface area (Å²) in [6.07, 6.45) is 0. The molecule has 4 heteroatoms. The van der Waals surface area contributed by atoms with Crippen molar-refractivity contribution in [2.24, 2.45) is 0 Å². The van der Waals surface area contributed by atoms with Crippen molar-refractivity contribution in [3.8, 4) is 5.75 Å². The topological polar surface area (TPSA) is 9.23 Å². The summed E-state index contributed by atoms with van der Waals surface area (Å²) in [5, 5.41) is 1.96. The number of rotatable bonds is 4. The molecule has 0 radical (unpaired) electrons. The molecule has 0 aliphatic heterocycles. The number of hydrogen-bond donors (Lipinski definition) is 0. The zero-order valence-electron chi connectivity index (χ0n) is 8.45. The highest BCUT2D eigenvalue weighted by Crippen LogP contribution is 2.21. The lowest BCUT2D eigenvalue weighted by molar-refractivity contribution is 0.293. The van der Waals surface area contributed by atoms with E-state index in [1.165, 1.54) is 6.07 Å². The van der Waals surface area contributed by atoms with Gasteiger partial charge in [-0.05, 0) is 29.1 Å². The average molecular weight is 257 g/mol. The Labute approximate surface area is 102 Å². The summed E-state index contributed by atoms with van der Waals surface area (Å²) in [6.45, 7) is 0.398. The molecule has 1 heterocycles. The molecule has 1 nitrogen and oxygen atoms in total. The van der Waals surface area contributed by atoms with Crippen LogP contribution in [0.15, 0.2) is 35.7 Å². The highest BCUT2D eigenvalue weighted by molar-refractivity contribution is 7.09. The van der Waals surface area contributed by atoms with Gasteiger partial charge in [-0.1, -0.05) is 12.1 Å². The first-order valence-electron chi connectivity index (χ1n) is 4.79. The van der Waals surface area contributed by atoms with Crippen LogP contribution in [0.25, 0.3) is 0 Å². The fourth-order valence-corrected chi connectivity index (χ4v) is 2.07. The van der Waals surface area contributed by atoms with Crippen LogP contribution in [0, 0.1) is 5.82 Å². The van der Waals surface area contributed by atoms with Crippen molar-refractivity contribution < 1.29 is 9.13 Å². The monoisotopic (exact) mass is 256 g/mol. The molecule has 0 unspecified atom stereocenters. The van der Waals surface area contributed by atoms with E-state index in [-0.39, 0.29) is 11.6 Å². The molecule has 0 N–H and O–H groups in total. The third-order valence-electron chi connectivity index (χ3n) is 2.10. The fourth-order valence-electron chi connectivity index (χ4n) is 1.29. The Morgan fingerprint density at radius 2 is 2.19 bits per heavy atom. The number of benzene rings is 1. The van der Waals surface area contributed by atoms with E-state index in [4.69, 9.17) is 16.3 Å². The number of alkyl halides is 1. The van der Waals surface area contributed by atoms with E-state index >= 15 is 0 Å². The van der Waals surface area contributed by atoms with Crippen molar-refractivity contribution in [3.63, 3.8) is 0 Å². The van der Waals surface area contributed by atoms with Gasteiger partial charge in [0.25, 0.3) is 0 Å². The minimum Gasteiger partial charge on any atom is -0.485 e. The Kier molecular flexibility index (Phi) is 3.80. The van der Waals surface area contributed by atoms with Gasteiger partial charge in [-0.2, -0.15) is 0 Å². The van der Waals surface area contributed by atoms with E-state index in [2.05, 4.69) is 0 Å². The molecule has 0 saturated heterocycles. The van der Waals surface area contributed by atoms with Crippen LogP contribution in [0.1, 0.15) is 10.4 Å². The van der Waals surface area contributed by atoms with Crippen molar-refractivity contribution in [1.82, 2.24) is 0 Å². The second-order valence-corrected chi connectivity index (χ2v) is 4.57. The van der Waals surface area contributed by atoms with Crippen molar-refractivity contribution in [2.45, 2.75) is 12.5 Å². The van der Waals surface area contributed by atoms with Gasteiger partial charge in [0.1, 0.15) is 6.61 Å². The minimum absolute atomic E-state index is 0.266. The SMILES string of the molecule is Fc1cc(CCl)ccc1OCc1cccs1. The summed E-state index contributed by atoms with van der Waals surface area (Å²) in [5.74, 6) is 0.208. The molecular formula is C12H10ClFOS. The molecule has 0 amide bonds. The molecule has 2 aromatic rings. The Hall–Kier alpha value is -1.06.